The van der Waals surface area contributed by atoms with Crippen molar-refractivity contribution < 1.29 is 14.4 Å². The maximum absolute atomic E-state index is 12.2. The summed E-state index contributed by atoms with van der Waals surface area (Å²) in [5, 5.41) is 16.2. The first-order valence-electron chi connectivity index (χ1n) is 7.96. The largest absolute Gasteiger partial charge is 0.594 e. The summed E-state index contributed by atoms with van der Waals surface area (Å²) >= 11 is 3.34. The number of ether oxygens (including phenoxy) is 1. The molecule has 0 N–H and O–H groups in total. The lowest BCUT2D eigenvalue weighted by atomic mass is 9.98. The molecule has 1 fully saturated rings. The maximum Gasteiger partial charge on any atom is 0.310 e. The van der Waals surface area contributed by atoms with Crippen LogP contribution < -0.4 is 9.75 Å². The van der Waals surface area contributed by atoms with Gasteiger partial charge in [-0.25, -0.2) is 4.98 Å². The van der Waals surface area contributed by atoms with Crippen molar-refractivity contribution in [2.45, 2.75) is 32.8 Å². The number of benzene rings is 1. The van der Waals surface area contributed by atoms with Gasteiger partial charge in [0.1, 0.15) is 5.52 Å². The van der Waals surface area contributed by atoms with Crippen LogP contribution in [0.5, 0.6) is 0 Å². The summed E-state index contributed by atoms with van der Waals surface area (Å²) in [5.41, 5.74) is 0.978. The molecule has 0 spiro atoms. The second-order valence-corrected chi connectivity index (χ2v) is 7.10. The van der Waals surface area contributed by atoms with Crippen LogP contribution >= 0.6 is 15.9 Å². The fraction of sp³-hybridized carbons (Fsp3) is 0.500. The number of fused-ring (bicyclic) bond motifs is 1. The average molecular weight is 395 g/mol. The summed E-state index contributed by atoms with van der Waals surface area (Å²) in [6, 6.07) is 5.29. The quantitative estimate of drug-likeness (QED) is 0.450. The molecule has 8 heteroatoms. The lowest BCUT2D eigenvalue weighted by molar-refractivity contribution is -0.641. The normalized spacial score (nSPS) is 18.2. The summed E-state index contributed by atoms with van der Waals surface area (Å²) in [5.74, 6) is -0.0678. The van der Waals surface area contributed by atoms with E-state index in [1.807, 2.05) is 24.8 Å². The van der Waals surface area contributed by atoms with Gasteiger partial charge in [-0.2, -0.15) is 0 Å². The zero-order chi connectivity index (χ0) is 17.3. The van der Waals surface area contributed by atoms with Crippen molar-refractivity contribution in [3.8, 4) is 0 Å². The summed E-state index contributed by atoms with van der Waals surface area (Å²) in [6.07, 6.45) is 1.48. The maximum atomic E-state index is 12.2. The Labute approximate surface area is 148 Å². The Kier molecular flexibility index (Phi) is 4.84. The standard InChI is InChI=1S/C16H19BrN4O3/c1-10(2)24-15(22)11-4-3-7-20(9-11)16-18-13-6-5-12(17)8-14(13)21(23)19-16/h5-6,8,10-11H,3-4,7,9H2,1-2H3. The SMILES string of the molecule is CC(C)OC(=O)C1CCCN(c2nc3ccc(Br)cc3[n+]([O-])n2)C1. The van der Waals surface area contributed by atoms with E-state index in [0.717, 1.165) is 17.3 Å². The highest BCUT2D eigenvalue weighted by Gasteiger charge is 2.30. The molecule has 1 unspecified atom stereocenters. The zero-order valence-electron chi connectivity index (χ0n) is 13.6. The van der Waals surface area contributed by atoms with E-state index >= 15 is 0 Å². The van der Waals surface area contributed by atoms with Gasteiger partial charge in [-0.3, -0.25) is 4.79 Å². The Morgan fingerprint density at radius 2 is 2.29 bits per heavy atom. The van der Waals surface area contributed by atoms with Crippen molar-refractivity contribution in [2.24, 2.45) is 5.92 Å². The van der Waals surface area contributed by atoms with Crippen LogP contribution in [0.3, 0.4) is 0 Å². The first kappa shape index (κ1) is 16.9. The van der Waals surface area contributed by atoms with E-state index in [1.165, 1.54) is 0 Å². The van der Waals surface area contributed by atoms with Crippen LogP contribution in [0.2, 0.25) is 0 Å². The molecule has 2 heterocycles. The highest BCUT2D eigenvalue weighted by atomic mass is 79.9. The van der Waals surface area contributed by atoms with E-state index in [4.69, 9.17) is 4.74 Å². The minimum Gasteiger partial charge on any atom is -0.594 e. The van der Waals surface area contributed by atoms with Gasteiger partial charge in [-0.15, -0.1) is 0 Å². The Morgan fingerprint density at radius 1 is 1.50 bits per heavy atom. The van der Waals surface area contributed by atoms with E-state index in [2.05, 4.69) is 26.0 Å². The van der Waals surface area contributed by atoms with Gasteiger partial charge in [0.2, 0.25) is 0 Å². The number of aromatic nitrogens is 3. The second-order valence-electron chi connectivity index (χ2n) is 6.19. The highest BCUT2D eigenvalue weighted by molar-refractivity contribution is 9.10. The van der Waals surface area contributed by atoms with Gasteiger partial charge in [0.15, 0.2) is 0 Å². The summed E-state index contributed by atoms with van der Waals surface area (Å²) in [6.45, 7) is 4.86. The third kappa shape index (κ3) is 3.58. The molecule has 0 amide bonds. The molecule has 3 rings (SSSR count). The minimum absolute atomic E-state index is 0.132. The molecular weight excluding hydrogens is 376 g/mol. The van der Waals surface area contributed by atoms with Crippen molar-refractivity contribution in [1.29, 1.82) is 0 Å². The van der Waals surface area contributed by atoms with Crippen molar-refractivity contribution in [3.63, 3.8) is 0 Å². The highest BCUT2D eigenvalue weighted by Crippen LogP contribution is 2.23. The number of rotatable bonds is 3. The van der Waals surface area contributed by atoms with Crippen LogP contribution in [-0.4, -0.2) is 35.2 Å². The number of halogens is 1. The lowest BCUT2D eigenvalue weighted by Gasteiger charge is -2.31. The second kappa shape index (κ2) is 6.88. The van der Waals surface area contributed by atoms with Gasteiger partial charge in [-0.1, -0.05) is 15.9 Å². The number of hydrogen-bond acceptors (Lipinski definition) is 6. The van der Waals surface area contributed by atoms with Crippen molar-refractivity contribution in [1.82, 2.24) is 10.1 Å². The molecule has 1 aliphatic rings. The van der Waals surface area contributed by atoms with Crippen molar-refractivity contribution in [3.05, 3.63) is 27.9 Å². The number of piperidine rings is 1. The van der Waals surface area contributed by atoms with Crippen molar-refractivity contribution >= 4 is 38.9 Å². The Bertz CT molecular complexity index is 768. The predicted octanol–water partition coefficient (Wildman–Crippen LogP) is 2.19. The third-order valence-electron chi connectivity index (χ3n) is 3.93. The van der Waals surface area contributed by atoms with Crippen LogP contribution in [0.15, 0.2) is 22.7 Å². The molecule has 1 aromatic carbocycles. The monoisotopic (exact) mass is 394 g/mol. The molecule has 1 saturated heterocycles. The molecule has 1 aliphatic heterocycles. The van der Waals surface area contributed by atoms with E-state index in [1.54, 1.807) is 12.1 Å². The molecule has 1 aromatic heterocycles. The lowest BCUT2D eigenvalue weighted by Crippen LogP contribution is -2.43. The fourth-order valence-corrected chi connectivity index (χ4v) is 3.17. The number of nitrogens with zero attached hydrogens (tertiary/aromatic N) is 4. The van der Waals surface area contributed by atoms with Crippen LogP contribution in [0.1, 0.15) is 26.7 Å². The number of hydrogen-bond donors (Lipinski definition) is 0. The van der Waals surface area contributed by atoms with E-state index < -0.39 is 0 Å². The van der Waals surface area contributed by atoms with Gasteiger partial charge in [0.25, 0.3) is 11.5 Å². The number of carbonyl (C=O) groups excluding carboxylic acids is 1. The van der Waals surface area contributed by atoms with Gasteiger partial charge in [0, 0.05) is 23.6 Å². The smallest absolute Gasteiger partial charge is 0.310 e. The van der Waals surface area contributed by atoms with Gasteiger partial charge in [0.05, 0.1) is 17.1 Å². The van der Waals surface area contributed by atoms with Crippen molar-refractivity contribution in [2.75, 3.05) is 18.0 Å². The summed E-state index contributed by atoms with van der Waals surface area (Å²) < 4.78 is 6.10. The fourth-order valence-electron chi connectivity index (χ4n) is 2.82. The summed E-state index contributed by atoms with van der Waals surface area (Å²) in [4.78, 5) is 19.1. The predicted molar refractivity (Wildman–Crippen MR) is 92.4 cm³/mol. The summed E-state index contributed by atoms with van der Waals surface area (Å²) in [7, 11) is 0. The molecule has 0 radical (unpaired) electrons. The number of anilines is 1. The third-order valence-corrected chi connectivity index (χ3v) is 4.43. The van der Waals surface area contributed by atoms with Crippen LogP contribution in [0.4, 0.5) is 5.95 Å². The van der Waals surface area contributed by atoms with E-state index in [9.17, 15) is 10.0 Å². The van der Waals surface area contributed by atoms with E-state index in [-0.39, 0.29) is 18.0 Å². The molecular formula is C16H19BrN4O3. The minimum atomic E-state index is -0.217. The average Bonchev–Trinajstić information content (AvgIpc) is 2.55. The van der Waals surface area contributed by atoms with Crippen LogP contribution in [0, 0.1) is 11.1 Å². The van der Waals surface area contributed by atoms with E-state index in [0.29, 0.717) is 34.9 Å². The van der Waals surface area contributed by atoms with Crippen LogP contribution in [0.25, 0.3) is 11.0 Å². The Morgan fingerprint density at radius 3 is 3.04 bits per heavy atom. The molecule has 128 valence electrons. The topological polar surface area (TPSA) is 82.3 Å². The molecule has 24 heavy (non-hydrogen) atoms. The number of esters is 1. The van der Waals surface area contributed by atoms with Gasteiger partial charge in [-0.05, 0) is 43.7 Å². The zero-order valence-corrected chi connectivity index (χ0v) is 15.2. The van der Waals surface area contributed by atoms with Crippen LogP contribution in [-0.2, 0) is 9.53 Å². The molecule has 1 atom stereocenters. The Hall–Kier alpha value is -1.96. The first-order valence-corrected chi connectivity index (χ1v) is 8.76. The number of carbonyl (C=O) groups is 1. The Balaban J connectivity index is 1.84. The molecule has 2 aromatic rings. The molecule has 0 bridgehead atoms. The molecule has 0 aliphatic carbocycles. The molecule has 7 nitrogen and oxygen atoms in total. The first-order chi connectivity index (χ1) is 11.4. The van der Waals surface area contributed by atoms with Gasteiger partial charge < -0.3 is 14.8 Å². The van der Waals surface area contributed by atoms with Gasteiger partial charge >= 0.3 is 5.97 Å². The molecule has 0 saturated carbocycles.